The minimum atomic E-state index is -1.18. The number of halogens is 1. The van der Waals surface area contributed by atoms with Crippen molar-refractivity contribution in [1.82, 2.24) is 0 Å². The summed E-state index contributed by atoms with van der Waals surface area (Å²) in [6.07, 6.45) is 0.746. The first-order valence-electron chi connectivity index (χ1n) is 8.55. The number of rotatable bonds is 7. The summed E-state index contributed by atoms with van der Waals surface area (Å²) in [5.41, 5.74) is 1.34. The van der Waals surface area contributed by atoms with E-state index < -0.39 is 11.9 Å². The zero-order valence-corrected chi connectivity index (χ0v) is 16.4. The van der Waals surface area contributed by atoms with Gasteiger partial charge >= 0.3 is 11.9 Å². The molecule has 0 atom stereocenters. The number of carbonyl (C=O) groups excluding carboxylic acids is 1. The van der Waals surface area contributed by atoms with Gasteiger partial charge in [0, 0.05) is 10.9 Å². The molecule has 28 heavy (non-hydrogen) atoms. The van der Waals surface area contributed by atoms with Crippen LogP contribution in [0.3, 0.4) is 0 Å². The van der Waals surface area contributed by atoms with Crippen LogP contribution in [0.1, 0.15) is 26.3 Å². The molecule has 0 aliphatic carbocycles. The molecule has 3 aromatic carbocycles. The Morgan fingerprint density at radius 2 is 1.71 bits per heavy atom. The van der Waals surface area contributed by atoms with Crippen molar-refractivity contribution in [3.05, 3.63) is 94.0 Å². The smallest absolute Gasteiger partial charge is 0.343 e. The molecular formula is C22H17BrO5. The first-order chi connectivity index (χ1) is 13.5. The number of aromatic carboxylic acids is 1. The number of ether oxygens (including phenoxy) is 2. The first-order valence-corrected chi connectivity index (χ1v) is 9.34. The quantitative estimate of drug-likeness (QED) is 0.413. The lowest BCUT2D eigenvalue weighted by Crippen LogP contribution is -2.12. The molecule has 0 bridgehead atoms. The van der Waals surface area contributed by atoms with Crippen LogP contribution in [0, 0.1) is 0 Å². The highest BCUT2D eigenvalue weighted by atomic mass is 79.9. The zero-order chi connectivity index (χ0) is 19.9. The van der Waals surface area contributed by atoms with Crippen molar-refractivity contribution in [2.75, 3.05) is 6.61 Å². The summed E-state index contributed by atoms with van der Waals surface area (Å²) in [6, 6.07) is 21.0. The number of carbonyl (C=O) groups is 2. The molecule has 5 nitrogen and oxygen atoms in total. The Morgan fingerprint density at radius 1 is 0.929 bits per heavy atom. The molecule has 0 aromatic heterocycles. The molecule has 0 fully saturated rings. The Hall–Kier alpha value is -3.12. The second kappa shape index (κ2) is 9.19. The molecule has 3 aromatic rings. The second-order valence-corrected chi connectivity index (χ2v) is 6.86. The maximum Gasteiger partial charge on any atom is 0.343 e. The van der Waals surface area contributed by atoms with Crippen LogP contribution in [-0.4, -0.2) is 23.7 Å². The van der Waals surface area contributed by atoms with E-state index in [1.165, 1.54) is 12.1 Å². The summed E-state index contributed by atoms with van der Waals surface area (Å²) in [4.78, 5) is 23.8. The third kappa shape index (κ3) is 5.20. The summed E-state index contributed by atoms with van der Waals surface area (Å²) >= 11 is 3.21. The van der Waals surface area contributed by atoms with Gasteiger partial charge in [0.2, 0.25) is 0 Å². The summed E-state index contributed by atoms with van der Waals surface area (Å²) in [5, 5.41) is 9.28. The van der Waals surface area contributed by atoms with E-state index in [9.17, 15) is 14.7 Å². The van der Waals surface area contributed by atoms with Crippen LogP contribution < -0.4 is 9.47 Å². The molecule has 0 aliphatic rings. The normalized spacial score (nSPS) is 10.3. The predicted molar refractivity (Wildman–Crippen MR) is 108 cm³/mol. The lowest BCUT2D eigenvalue weighted by molar-refractivity contribution is 0.0681. The number of carboxylic acid groups (broad SMARTS) is 1. The second-order valence-electron chi connectivity index (χ2n) is 5.95. The molecular weight excluding hydrogens is 424 g/mol. The lowest BCUT2D eigenvalue weighted by Gasteiger charge is -2.10. The molecule has 1 N–H and O–H groups in total. The maximum atomic E-state index is 12.4. The number of carboxylic acids is 1. The third-order valence-electron chi connectivity index (χ3n) is 3.95. The summed E-state index contributed by atoms with van der Waals surface area (Å²) in [5.74, 6) is -1.31. The highest BCUT2D eigenvalue weighted by molar-refractivity contribution is 9.10. The fourth-order valence-electron chi connectivity index (χ4n) is 2.56. The average Bonchev–Trinajstić information content (AvgIpc) is 2.70. The van der Waals surface area contributed by atoms with Crippen LogP contribution in [0.15, 0.2) is 77.3 Å². The number of esters is 1. The lowest BCUT2D eigenvalue weighted by atomic mass is 10.2. The molecule has 0 saturated carbocycles. The molecule has 0 spiro atoms. The van der Waals surface area contributed by atoms with Crippen LogP contribution in [0.5, 0.6) is 11.5 Å². The van der Waals surface area contributed by atoms with Crippen molar-refractivity contribution in [3.8, 4) is 11.5 Å². The van der Waals surface area contributed by atoms with E-state index >= 15 is 0 Å². The van der Waals surface area contributed by atoms with Gasteiger partial charge in [-0.1, -0.05) is 52.3 Å². The van der Waals surface area contributed by atoms with Crippen molar-refractivity contribution in [2.45, 2.75) is 6.42 Å². The van der Waals surface area contributed by atoms with E-state index in [2.05, 4.69) is 15.9 Å². The predicted octanol–water partition coefficient (Wildman–Crippen LogP) is 4.99. The van der Waals surface area contributed by atoms with E-state index in [1.807, 2.05) is 30.3 Å². The number of hydrogen-bond acceptors (Lipinski definition) is 4. The van der Waals surface area contributed by atoms with Gasteiger partial charge in [-0.2, -0.15) is 0 Å². The van der Waals surface area contributed by atoms with E-state index in [0.29, 0.717) is 16.8 Å². The molecule has 0 unspecified atom stereocenters. The van der Waals surface area contributed by atoms with Gasteiger partial charge in [-0.15, -0.1) is 0 Å². The number of hydrogen-bond donors (Lipinski definition) is 1. The van der Waals surface area contributed by atoms with Crippen molar-refractivity contribution >= 4 is 27.9 Å². The Bertz CT molecular complexity index is 985. The molecule has 0 heterocycles. The highest BCUT2D eigenvalue weighted by Crippen LogP contribution is 2.25. The van der Waals surface area contributed by atoms with E-state index in [4.69, 9.17) is 9.47 Å². The molecule has 0 aliphatic heterocycles. The van der Waals surface area contributed by atoms with Crippen molar-refractivity contribution in [1.29, 1.82) is 0 Å². The molecule has 0 saturated heterocycles. The minimum absolute atomic E-state index is 0.0175. The Kier molecular flexibility index (Phi) is 6.45. The maximum absolute atomic E-state index is 12.4. The molecule has 6 heteroatoms. The van der Waals surface area contributed by atoms with Gasteiger partial charge < -0.3 is 14.6 Å². The van der Waals surface area contributed by atoms with Gasteiger partial charge in [-0.3, -0.25) is 0 Å². The molecule has 0 radical (unpaired) electrons. The van der Waals surface area contributed by atoms with Crippen LogP contribution in [0.4, 0.5) is 0 Å². The van der Waals surface area contributed by atoms with Gasteiger partial charge in [-0.25, -0.2) is 9.59 Å². The zero-order valence-electron chi connectivity index (χ0n) is 14.8. The van der Waals surface area contributed by atoms with E-state index in [0.717, 1.165) is 12.0 Å². The van der Waals surface area contributed by atoms with Gasteiger partial charge in [0.05, 0.1) is 12.2 Å². The first kappa shape index (κ1) is 19.6. The van der Waals surface area contributed by atoms with Gasteiger partial charge in [-0.05, 0) is 42.0 Å². The van der Waals surface area contributed by atoms with Crippen LogP contribution in [-0.2, 0) is 6.42 Å². The molecule has 0 amide bonds. The monoisotopic (exact) mass is 440 g/mol. The van der Waals surface area contributed by atoms with Crippen LogP contribution in [0.2, 0.25) is 0 Å². The van der Waals surface area contributed by atoms with Crippen molar-refractivity contribution in [2.24, 2.45) is 0 Å². The van der Waals surface area contributed by atoms with Crippen LogP contribution >= 0.6 is 15.9 Å². The van der Waals surface area contributed by atoms with Crippen molar-refractivity contribution < 1.29 is 24.2 Å². The van der Waals surface area contributed by atoms with E-state index in [1.54, 1.807) is 30.3 Å². The van der Waals surface area contributed by atoms with Gasteiger partial charge in [0.25, 0.3) is 0 Å². The molecule has 3 rings (SSSR count). The standard InChI is InChI=1S/C22H17BrO5/c23-17-9-10-20(19(14-17)21(24)25)28-22(26)16-7-4-8-18(13-16)27-12-11-15-5-2-1-3-6-15/h1-10,13-14H,11-12H2,(H,24,25). The SMILES string of the molecule is O=C(Oc1ccc(Br)cc1C(=O)O)c1cccc(OCCc2ccccc2)c1. The van der Waals surface area contributed by atoms with E-state index in [-0.39, 0.29) is 16.9 Å². The summed E-state index contributed by atoms with van der Waals surface area (Å²) in [6.45, 7) is 0.471. The summed E-state index contributed by atoms with van der Waals surface area (Å²) in [7, 11) is 0. The minimum Gasteiger partial charge on any atom is -0.493 e. The Labute approximate surface area is 170 Å². The largest absolute Gasteiger partial charge is 0.493 e. The van der Waals surface area contributed by atoms with Crippen molar-refractivity contribution in [3.63, 3.8) is 0 Å². The average molecular weight is 441 g/mol. The Morgan fingerprint density at radius 3 is 2.46 bits per heavy atom. The Balaban J connectivity index is 1.66. The number of benzene rings is 3. The fourth-order valence-corrected chi connectivity index (χ4v) is 2.92. The third-order valence-corrected chi connectivity index (χ3v) is 4.44. The fraction of sp³-hybridized carbons (Fsp3) is 0.0909. The summed E-state index contributed by atoms with van der Waals surface area (Å²) < 4.78 is 11.6. The highest BCUT2D eigenvalue weighted by Gasteiger charge is 2.16. The van der Waals surface area contributed by atoms with Gasteiger partial charge in [0.15, 0.2) is 0 Å². The molecule has 142 valence electrons. The van der Waals surface area contributed by atoms with Crippen LogP contribution in [0.25, 0.3) is 0 Å². The van der Waals surface area contributed by atoms with Gasteiger partial charge in [0.1, 0.15) is 17.1 Å². The topological polar surface area (TPSA) is 72.8 Å².